The van der Waals surface area contributed by atoms with Crippen LogP contribution < -0.4 is 14.8 Å². The molecule has 10 nitrogen and oxygen atoms in total. The van der Waals surface area contributed by atoms with Crippen LogP contribution in [0.3, 0.4) is 0 Å². The van der Waals surface area contributed by atoms with Crippen LogP contribution in [0.2, 0.25) is 0 Å². The molecule has 2 aromatic rings. The number of carbonyl (C=O) groups is 3. The fourth-order valence-electron chi connectivity index (χ4n) is 3.22. The van der Waals surface area contributed by atoms with Gasteiger partial charge >= 0.3 is 0 Å². The quantitative estimate of drug-likeness (QED) is 0.418. The lowest BCUT2D eigenvalue weighted by atomic mass is 10.1. The third-order valence-corrected chi connectivity index (χ3v) is 4.75. The summed E-state index contributed by atoms with van der Waals surface area (Å²) in [4.78, 5) is 48.5. The number of nitro benzene ring substituents is 1. The third-order valence-electron chi connectivity index (χ3n) is 4.75. The number of rotatable bonds is 7. The first-order chi connectivity index (χ1) is 14.3. The number of nitrogens with one attached hydrogen (secondary N) is 1. The standard InChI is InChI=1S/C20H19N3O7/c1-11(15-9-13(29-2)5-7-17(15)30-3)21-18(24)10-22-19(25)14-6-4-12(23(27)28)8-16(14)20(22)26/h4-9,11H,10H2,1-3H3,(H,21,24)/t11-/m1/s1. The maximum atomic E-state index is 12.5. The molecule has 0 saturated carbocycles. The third kappa shape index (κ3) is 3.79. The van der Waals surface area contributed by atoms with Crippen molar-refractivity contribution in [1.82, 2.24) is 10.2 Å². The second-order valence-electron chi connectivity index (χ2n) is 6.58. The van der Waals surface area contributed by atoms with E-state index < -0.39 is 35.2 Å². The number of benzene rings is 2. The SMILES string of the molecule is COc1ccc(OC)c([C@@H](C)NC(=O)CN2C(=O)c3ccc([N+](=O)[O-])cc3C2=O)c1. The van der Waals surface area contributed by atoms with Gasteiger partial charge in [0.2, 0.25) is 5.91 Å². The molecule has 0 saturated heterocycles. The highest BCUT2D eigenvalue weighted by Gasteiger charge is 2.38. The summed E-state index contributed by atoms with van der Waals surface area (Å²) in [5.41, 5.74) is 0.286. The number of non-ortho nitro benzene ring substituents is 1. The molecule has 0 radical (unpaired) electrons. The molecule has 1 aliphatic heterocycles. The minimum atomic E-state index is -0.750. The van der Waals surface area contributed by atoms with E-state index in [2.05, 4.69) is 5.32 Å². The fraction of sp³-hybridized carbons (Fsp3) is 0.250. The van der Waals surface area contributed by atoms with E-state index in [1.165, 1.54) is 20.3 Å². The van der Waals surface area contributed by atoms with Crippen molar-refractivity contribution in [2.75, 3.05) is 20.8 Å². The van der Waals surface area contributed by atoms with Crippen LogP contribution in [0.5, 0.6) is 11.5 Å². The van der Waals surface area contributed by atoms with E-state index >= 15 is 0 Å². The van der Waals surface area contributed by atoms with Crippen LogP contribution in [0.25, 0.3) is 0 Å². The van der Waals surface area contributed by atoms with E-state index in [1.807, 2.05) is 0 Å². The van der Waals surface area contributed by atoms with Crippen LogP contribution >= 0.6 is 0 Å². The van der Waals surface area contributed by atoms with Crippen molar-refractivity contribution in [3.63, 3.8) is 0 Å². The van der Waals surface area contributed by atoms with E-state index in [4.69, 9.17) is 9.47 Å². The lowest BCUT2D eigenvalue weighted by Crippen LogP contribution is -2.41. The van der Waals surface area contributed by atoms with Crippen LogP contribution in [0.4, 0.5) is 5.69 Å². The molecule has 1 aliphatic rings. The summed E-state index contributed by atoms with van der Waals surface area (Å²) in [5, 5.41) is 13.6. The molecule has 1 atom stereocenters. The number of hydrogen-bond donors (Lipinski definition) is 1. The lowest BCUT2D eigenvalue weighted by molar-refractivity contribution is -0.384. The maximum Gasteiger partial charge on any atom is 0.270 e. The summed E-state index contributed by atoms with van der Waals surface area (Å²) in [6.45, 7) is 1.21. The van der Waals surface area contributed by atoms with Gasteiger partial charge in [-0.2, -0.15) is 0 Å². The number of imide groups is 1. The van der Waals surface area contributed by atoms with Gasteiger partial charge in [-0.05, 0) is 31.2 Å². The minimum absolute atomic E-state index is 0.0286. The maximum absolute atomic E-state index is 12.5. The smallest absolute Gasteiger partial charge is 0.270 e. The van der Waals surface area contributed by atoms with Gasteiger partial charge in [0, 0.05) is 17.7 Å². The number of amides is 3. The van der Waals surface area contributed by atoms with Crippen molar-refractivity contribution in [3.8, 4) is 11.5 Å². The average Bonchev–Trinajstić information content (AvgIpc) is 2.97. The van der Waals surface area contributed by atoms with Crippen LogP contribution in [0.15, 0.2) is 36.4 Å². The second-order valence-corrected chi connectivity index (χ2v) is 6.58. The van der Waals surface area contributed by atoms with Gasteiger partial charge in [0.1, 0.15) is 18.0 Å². The van der Waals surface area contributed by atoms with Crippen molar-refractivity contribution in [2.45, 2.75) is 13.0 Å². The number of ether oxygens (including phenoxy) is 2. The second kappa shape index (κ2) is 8.19. The predicted molar refractivity (Wildman–Crippen MR) is 105 cm³/mol. The van der Waals surface area contributed by atoms with Crippen LogP contribution in [0, 0.1) is 10.1 Å². The van der Waals surface area contributed by atoms with Gasteiger partial charge in [-0.3, -0.25) is 29.4 Å². The van der Waals surface area contributed by atoms with Crippen molar-refractivity contribution in [3.05, 3.63) is 63.2 Å². The first kappa shape index (κ1) is 20.8. The van der Waals surface area contributed by atoms with Crippen molar-refractivity contribution in [2.24, 2.45) is 0 Å². The predicted octanol–water partition coefficient (Wildman–Crippen LogP) is 2.09. The van der Waals surface area contributed by atoms with Gasteiger partial charge in [-0.1, -0.05) is 0 Å². The highest BCUT2D eigenvalue weighted by molar-refractivity contribution is 6.22. The molecular weight excluding hydrogens is 394 g/mol. The number of carbonyl (C=O) groups excluding carboxylic acids is 3. The van der Waals surface area contributed by atoms with Crippen molar-refractivity contribution in [1.29, 1.82) is 0 Å². The summed E-state index contributed by atoms with van der Waals surface area (Å²) in [7, 11) is 3.01. The van der Waals surface area contributed by atoms with Crippen molar-refractivity contribution >= 4 is 23.4 Å². The Morgan fingerprint density at radius 3 is 2.43 bits per heavy atom. The molecular formula is C20H19N3O7. The molecule has 0 aromatic heterocycles. The molecule has 0 aliphatic carbocycles. The van der Waals surface area contributed by atoms with Crippen LogP contribution in [-0.2, 0) is 4.79 Å². The summed E-state index contributed by atoms with van der Waals surface area (Å²) in [5.74, 6) is -0.881. The largest absolute Gasteiger partial charge is 0.497 e. The Morgan fingerprint density at radius 2 is 1.80 bits per heavy atom. The van der Waals surface area contributed by atoms with E-state index in [9.17, 15) is 24.5 Å². The summed E-state index contributed by atoms with van der Waals surface area (Å²) >= 11 is 0. The Kier molecular flexibility index (Phi) is 5.67. The van der Waals surface area contributed by atoms with Crippen LogP contribution in [-0.4, -0.2) is 48.3 Å². The zero-order chi connectivity index (χ0) is 22.0. The number of hydrogen-bond acceptors (Lipinski definition) is 7. The highest BCUT2D eigenvalue weighted by Crippen LogP contribution is 2.30. The van der Waals surface area contributed by atoms with E-state index in [0.717, 1.165) is 17.0 Å². The summed E-state index contributed by atoms with van der Waals surface area (Å²) in [6, 6.07) is 8.03. The summed E-state index contributed by atoms with van der Waals surface area (Å²) < 4.78 is 10.5. The molecule has 1 N–H and O–H groups in total. The molecule has 0 unspecified atom stereocenters. The van der Waals surface area contributed by atoms with Gasteiger partial charge in [0.15, 0.2) is 0 Å². The Labute approximate surface area is 171 Å². The molecule has 156 valence electrons. The first-order valence-corrected chi connectivity index (χ1v) is 8.92. The Hall–Kier alpha value is -3.95. The molecule has 3 rings (SSSR count). The lowest BCUT2D eigenvalue weighted by Gasteiger charge is -2.20. The molecule has 30 heavy (non-hydrogen) atoms. The topological polar surface area (TPSA) is 128 Å². The van der Waals surface area contributed by atoms with Gasteiger partial charge in [-0.15, -0.1) is 0 Å². The average molecular weight is 413 g/mol. The zero-order valence-corrected chi connectivity index (χ0v) is 16.5. The Bertz CT molecular complexity index is 1050. The van der Waals surface area contributed by atoms with Gasteiger partial charge in [-0.25, -0.2) is 0 Å². The van der Waals surface area contributed by atoms with E-state index in [-0.39, 0.29) is 16.8 Å². The highest BCUT2D eigenvalue weighted by atomic mass is 16.6. The Morgan fingerprint density at radius 1 is 1.10 bits per heavy atom. The number of fused-ring (bicyclic) bond motifs is 1. The Balaban J connectivity index is 1.74. The normalized spacial score (nSPS) is 13.6. The van der Waals surface area contributed by atoms with Gasteiger partial charge in [0.25, 0.3) is 17.5 Å². The van der Waals surface area contributed by atoms with Crippen molar-refractivity contribution < 1.29 is 28.8 Å². The van der Waals surface area contributed by atoms with Gasteiger partial charge < -0.3 is 14.8 Å². The summed E-state index contributed by atoms with van der Waals surface area (Å²) in [6.07, 6.45) is 0. The molecule has 1 heterocycles. The zero-order valence-electron chi connectivity index (χ0n) is 16.5. The number of nitrogens with zero attached hydrogens (tertiary/aromatic N) is 2. The first-order valence-electron chi connectivity index (χ1n) is 8.92. The molecule has 0 spiro atoms. The fourth-order valence-corrected chi connectivity index (χ4v) is 3.22. The molecule has 10 heteroatoms. The minimum Gasteiger partial charge on any atom is -0.497 e. The van der Waals surface area contributed by atoms with Gasteiger partial charge in [0.05, 0.1) is 36.3 Å². The molecule has 0 fully saturated rings. The molecule has 3 amide bonds. The monoisotopic (exact) mass is 413 g/mol. The van der Waals surface area contributed by atoms with Crippen LogP contribution in [0.1, 0.15) is 39.2 Å². The molecule has 0 bridgehead atoms. The molecule has 2 aromatic carbocycles. The number of methoxy groups -OCH3 is 2. The van der Waals surface area contributed by atoms with E-state index in [0.29, 0.717) is 17.1 Å². The number of nitro groups is 1. The van der Waals surface area contributed by atoms with E-state index in [1.54, 1.807) is 25.1 Å².